The number of H-pyrrole nitrogens is 1. The lowest BCUT2D eigenvalue weighted by atomic mass is 10.1. The molecule has 0 unspecified atom stereocenters. The molecule has 0 atom stereocenters. The number of para-hydroxylation sites is 1. The van der Waals surface area contributed by atoms with Crippen molar-refractivity contribution in [3.05, 3.63) is 101 Å². The number of imidazole rings is 2. The van der Waals surface area contributed by atoms with Crippen molar-refractivity contribution in [3.63, 3.8) is 0 Å². The lowest BCUT2D eigenvalue weighted by molar-refractivity contribution is 0.270. The van der Waals surface area contributed by atoms with Crippen molar-refractivity contribution < 1.29 is 5.11 Å². The van der Waals surface area contributed by atoms with Gasteiger partial charge in [-0.1, -0.05) is 104 Å². The van der Waals surface area contributed by atoms with E-state index in [1.54, 1.807) is 28.9 Å². The highest BCUT2D eigenvalue weighted by Gasteiger charge is 2.23. The molecule has 2 N–H and O–H groups in total. The van der Waals surface area contributed by atoms with Crippen LogP contribution < -0.4 is 9.80 Å². The molecule has 7 heterocycles. The number of anilines is 2. The van der Waals surface area contributed by atoms with Gasteiger partial charge in [0.1, 0.15) is 0 Å². The van der Waals surface area contributed by atoms with E-state index >= 15 is 0 Å². The Balaban J connectivity index is 0.000000148. The molecule has 0 spiro atoms. The van der Waals surface area contributed by atoms with E-state index in [1.807, 2.05) is 6.20 Å². The third kappa shape index (κ3) is 10.8. The molecule has 7 aromatic rings. The quantitative estimate of drug-likeness (QED) is 0.118. The Morgan fingerprint density at radius 3 is 1.81 bits per heavy atom. The average molecular weight is 888 g/mol. The fraction of sp³-hybridized carbons (Fsp3) is 0.447. The number of aromatic amines is 1. The number of rotatable bonds is 13. The summed E-state index contributed by atoms with van der Waals surface area (Å²) in [6.07, 6.45) is 16.7. The number of unbranched alkanes of at least 4 members (excludes halogenated alkanes) is 2. The van der Waals surface area contributed by atoms with E-state index in [-0.39, 0.29) is 6.61 Å². The van der Waals surface area contributed by atoms with E-state index in [4.69, 9.17) is 4.98 Å². The van der Waals surface area contributed by atoms with Crippen molar-refractivity contribution in [2.45, 2.75) is 72.1 Å². The second kappa shape index (κ2) is 21.4. The number of hydrogen-bond donors (Lipinski definition) is 2. The summed E-state index contributed by atoms with van der Waals surface area (Å²) in [5.41, 5.74) is 7.39. The van der Waals surface area contributed by atoms with Crippen LogP contribution in [-0.2, 0) is 32.5 Å². The maximum Gasteiger partial charge on any atom is 0.208 e. The van der Waals surface area contributed by atoms with Crippen molar-refractivity contribution in [1.29, 1.82) is 0 Å². The summed E-state index contributed by atoms with van der Waals surface area (Å²) in [5, 5.41) is 32.2. The Morgan fingerprint density at radius 1 is 0.667 bits per heavy atom. The van der Waals surface area contributed by atoms with E-state index in [2.05, 4.69) is 154 Å². The molecule has 3 aliphatic rings. The topological polar surface area (TPSA) is 136 Å². The SMILES string of the molecule is C1=Cc2ccccc2C1.CCCCn1c(CO)cnc1-c1nnc(N2CCN(C)CC2)s1.CCCCn1c(Cc2c[nH]c3ccccc23)cnc1-c1nnc(N2CCN(C)CC2)s1. The van der Waals surface area contributed by atoms with Gasteiger partial charge in [-0.3, -0.25) is 0 Å². The molecule has 14 nitrogen and oxygen atoms in total. The van der Waals surface area contributed by atoms with Gasteiger partial charge in [-0.05, 0) is 56.1 Å². The minimum Gasteiger partial charge on any atom is -0.390 e. The van der Waals surface area contributed by atoms with Gasteiger partial charge in [0.05, 0.1) is 18.5 Å². The minimum absolute atomic E-state index is 0.000828. The van der Waals surface area contributed by atoms with Gasteiger partial charge >= 0.3 is 0 Å². The Kier molecular flexibility index (Phi) is 15.1. The first kappa shape index (κ1) is 44.4. The minimum atomic E-state index is 0.000828. The number of nitrogens with one attached hydrogen (secondary N) is 1. The van der Waals surface area contributed by atoms with Crippen molar-refractivity contribution in [2.24, 2.45) is 0 Å². The first-order valence-corrected chi connectivity index (χ1v) is 24.1. The molecule has 10 rings (SSSR count). The van der Waals surface area contributed by atoms with Crippen LogP contribution in [0.4, 0.5) is 10.3 Å². The maximum absolute atomic E-state index is 9.51. The van der Waals surface area contributed by atoms with E-state index in [9.17, 15) is 5.11 Å². The molecule has 0 bridgehead atoms. The summed E-state index contributed by atoms with van der Waals surface area (Å²) in [7, 11) is 4.31. The molecule has 0 amide bonds. The van der Waals surface area contributed by atoms with Gasteiger partial charge in [0.2, 0.25) is 10.3 Å². The standard InChI is InChI=1S/C23H29N7S.C15H24N6OS.C9H8/c1-3-4-9-30-18(14-17-15-24-20-8-6-5-7-19(17)20)16-25-21(30)22-26-27-23(31-22)29-12-10-28(2)11-13-29;1-3-4-5-21-12(11-22)10-16-13(21)14-17-18-15(23-14)20-8-6-19(2)7-9-20;1-2-5-9-7-3-6-8(9)4-1/h5-8,15-16,24H,3-4,9-14H2,1-2H3;10,22H,3-9,11H2,1-2H3;1-6H,7H2. The van der Waals surface area contributed by atoms with Crippen molar-refractivity contribution in [3.8, 4) is 21.7 Å². The van der Waals surface area contributed by atoms with Gasteiger partial charge in [0, 0.05) is 101 Å². The highest BCUT2D eigenvalue weighted by atomic mass is 32.1. The third-order valence-electron chi connectivity index (χ3n) is 12.0. The highest BCUT2D eigenvalue weighted by Crippen LogP contribution is 2.32. The number of hydrogen-bond acceptors (Lipinski definition) is 13. The van der Waals surface area contributed by atoms with Crippen LogP contribution in [0.1, 0.15) is 67.6 Å². The first-order valence-electron chi connectivity index (χ1n) is 22.5. The van der Waals surface area contributed by atoms with E-state index in [0.717, 1.165) is 142 Å². The summed E-state index contributed by atoms with van der Waals surface area (Å²) in [5.74, 6) is 1.77. The number of aliphatic hydroxyl groups is 1. The Bertz CT molecular complexity index is 2530. The van der Waals surface area contributed by atoms with Crippen LogP contribution in [0.15, 0.2) is 73.2 Å². The number of aromatic nitrogens is 9. The van der Waals surface area contributed by atoms with Crippen LogP contribution in [0.25, 0.3) is 38.6 Å². The molecule has 5 aromatic heterocycles. The monoisotopic (exact) mass is 887 g/mol. The Morgan fingerprint density at radius 2 is 1.22 bits per heavy atom. The molecule has 2 saturated heterocycles. The van der Waals surface area contributed by atoms with Crippen LogP contribution in [0.3, 0.4) is 0 Å². The molecule has 0 radical (unpaired) electrons. The molecule has 16 heteroatoms. The molecular weight excluding hydrogens is 827 g/mol. The van der Waals surface area contributed by atoms with Gasteiger partial charge in [0.25, 0.3) is 0 Å². The normalized spacial score (nSPS) is 15.4. The zero-order chi connectivity index (χ0) is 43.5. The van der Waals surface area contributed by atoms with Gasteiger partial charge < -0.3 is 38.8 Å². The predicted molar refractivity (Wildman–Crippen MR) is 258 cm³/mol. The lowest BCUT2D eigenvalue weighted by Crippen LogP contribution is -2.44. The average Bonchev–Trinajstić information content (AvgIpc) is 4.19. The zero-order valence-electron chi connectivity index (χ0n) is 37.2. The molecule has 2 fully saturated rings. The summed E-state index contributed by atoms with van der Waals surface area (Å²) in [6, 6.07) is 17.0. The molecular formula is C47H61N13OS2. The molecule has 63 heavy (non-hydrogen) atoms. The maximum atomic E-state index is 9.51. The van der Waals surface area contributed by atoms with Crippen molar-refractivity contribution >= 4 is 49.9 Å². The van der Waals surface area contributed by atoms with Crippen molar-refractivity contribution in [2.75, 3.05) is 76.3 Å². The van der Waals surface area contributed by atoms with Crippen LogP contribution in [0.5, 0.6) is 0 Å². The number of nitrogens with zero attached hydrogens (tertiary/aromatic N) is 12. The number of likely N-dealkylation sites (N-methyl/N-ethyl adjacent to an activating group) is 2. The van der Waals surface area contributed by atoms with Gasteiger partial charge in [0.15, 0.2) is 21.7 Å². The summed E-state index contributed by atoms with van der Waals surface area (Å²) in [4.78, 5) is 22.0. The first-order chi connectivity index (χ1) is 30.9. The van der Waals surface area contributed by atoms with Gasteiger partial charge in [-0.15, -0.1) is 20.4 Å². The number of benzene rings is 2. The van der Waals surface area contributed by atoms with Crippen LogP contribution >= 0.6 is 22.7 Å². The third-order valence-corrected chi connectivity index (χ3v) is 14.0. The van der Waals surface area contributed by atoms with Crippen LogP contribution in [-0.4, -0.2) is 126 Å². The Hall–Kier alpha value is -5.26. The van der Waals surface area contributed by atoms with Gasteiger partial charge in [-0.25, -0.2) is 9.97 Å². The largest absolute Gasteiger partial charge is 0.390 e. The summed E-state index contributed by atoms with van der Waals surface area (Å²) >= 11 is 3.25. The number of piperazine rings is 2. The number of fused-ring (bicyclic) bond motifs is 2. The number of aliphatic hydroxyl groups excluding tert-OH is 1. The van der Waals surface area contributed by atoms with Crippen LogP contribution in [0.2, 0.25) is 0 Å². The van der Waals surface area contributed by atoms with E-state index in [0.29, 0.717) is 0 Å². The molecule has 2 aliphatic heterocycles. The fourth-order valence-corrected chi connectivity index (χ4v) is 9.90. The smallest absolute Gasteiger partial charge is 0.208 e. The molecule has 0 saturated carbocycles. The molecule has 2 aromatic carbocycles. The molecule has 1 aliphatic carbocycles. The van der Waals surface area contributed by atoms with Crippen molar-refractivity contribution in [1.82, 2.24) is 54.3 Å². The Labute approximate surface area is 379 Å². The lowest BCUT2D eigenvalue weighted by Gasteiger charge is -2.31. The number of allylic oxidation sites excluding steroid dienone is 1. The molecule has 332 valence electrons. The predicted octanol–water partition coefficient (Wildman–Crippen LogP) is 7.73. The second-order valence-corrected chi connectivity index (χ2v) is 18.4. The summed E-state index contributed by atoms with van der Waals surface area (Å²) in [6.45, 7) is 14.4. The zero-order valence-corrected chi connectivity index (χ0v) is 38.8. The van der Waals surface area contributed by atoms with Crippen LogP contribution in [0, 0.1) is 0 Å². The summed E-state index contributed by atoms with van der Waals surface area (Å²) < 4.78 is 4.41. The fourth-order valence-electron chi connectivity index (χ4n) is 8.09. The van der Waals surface area contributed by atoms with E-state index in [1.165, 1.54) is 33.3 Å². The van der Waals surface area contributed by atoms with E-state index < -0.39 is 0 Å². The highest BCUT2D eigenvalue weighted by molar-refractivity contribution is 7.18. The van der Waals surface area contributed by atoms with Gasteiger partial charge in [-0.2, -0.15) is 0 Å². The second-order valence-electron chi connectivity index (χ2n) is 16.5.